The molecule has 0 bridgehead atoms. The normalized spacial score (nSPS) is 11.5. The average molecular weight is 664 g/mol. The number of furan rings is 1. The topological polar surface area (TPSA) is 16.4 Å². The zero-order valence-corrected chi connectivity index (χ0v) is 28.4. The van der Waals surface area contributed by atoms with Crippen LogP contribution in [0.25, 0.3) is 76.9 Å². The van der Waals surface area contributed by atoms with Gasteiger partial charge in [0, 0.05) is 39.5 Å². The van der Waals surface area contributed by atoms with E-state index >= 15 is 0 Å². The van der Waals surface area contributed by atoms with E-state index in [1.807, 2.05) is 6.07 Å². The number of anilines is 3. The van der Waals surface area contributed by atoms with E-state index in [-0.39, 0.29) is 0 Å². The minimum absolute atomic E-state index is 0.862. The molecule has 0 aliphatic rings. The van der Waals surface area contributed by atoms with Gasteiger partial charge >= 0.3 is 0 Å². The van der Waals surface area contributed by atoms with Crippen LogP contribution in [-0.2, 0) is 0 Å². The van der Waals surface area contributed by atoms with Crippen LogP contribution in [0.2, 0.25) is 0 Å². The molecule has 0 amide bonds. The van der Waals surface area contributed by atoms with E-state index in [1.165, 1.54) is 43.8 Å². The number of rotatable bonds is 6. The molecule has 0 saturated carbocycles. The predicted molar refractivity (Wildman–Crippen MR) is 220 cm³/mol. The van der Waals surface area contributed by atoms with Crippen molar-refractivity contribution in [2.24, 2.45) is 0 Å². The van der Waals surface area contributed by atoms with Gasteiger partial charge in [-0.3, -0.25) is 0 Å². The molecule has 9 aromatic carbocycles. The maximum absolute atomic E-state index is 6.70. The van der Waals surface area contributed by atoms with Crippen LogP contribution in [0, 0.1) is 0 Å². The van der Waals surface area contributed by atoms with Crippen LogP contribution in [0.15, 0.2) is 205 Å². The fourth-order valence-corrected chi connectivity index (χ4v) is 7.56. The van der Waals surface area contributed by atoms with Crippen LogP contribution in [0.5, 0.6) is 0 Å². The van der Waals surface area contributed by atoms with Crippen molar-refractivity contribution in [3.8, 4) is 33.4 Å². The lowest BCUT2D eigenvalue weighted by Crippen LogP contribution is -2.09. The van der Waals surface area contributed by atoms with Gasteiger partial charge in [-0.05, 0) is 97.9 Å². The molecule has 10 rings (SSSR count). The summed E-state index contributed by atoms with van der Waals surface area (Å²) in [6.45, 7) is 0. The van der Waals surface area contributed by atoms with Gasteiger partial charge in [0.15, 0.2) is 0 Å². The molecule has 0 atom stereocenters. The van der Waals surface area contributed by atoms with Gasteiger partial charge in [-0.15, -0.1) is 0 Å². The Morgan fingerprint density at radius 3 is 1.42 bits per heavy atom. The molecule has 1 aromatic heterocycles. The van der Waals surface area contributed by atoms with Crippen LogP contribution in [0.1, 0.15) is 0 Å². The highest BCUT2D eigenvalue weighted by atomic mass is 16.3. The van der Waals surface area contributed by atoms with E-state index in [2.05, 4.69) is 199 Å². The Kier molecular flexibility index (Phi) is 7.18. The molecule has 2 heteroatoms. The predicted octanol–water partition coefficient (Wildman–Crippen LogP) is 14.4. The lowest BCUT2D eigenvalue weighted by atomic mass is 10.00. The monoisotopic (exact) mass is 663 g/mol. The summed E-state index contributed by atoms with van der Waals surface area (Å²) in [6.07, 6.45) is 0. The number of hydrogen-bond acceptors (Lipinski definition) is 2. The molecule has 0 unspecified atom stereocenters. The van der Waals surface area contributed by atoms with Crippen molar-refractivity contribution in [2.75, 3.05) is 4.90 Å². The highest BCUT2D eigenvalue weighted by molar-refractivity contribution is 6.10. The Balaban J connectivity index is 1.08. The molecule has 10 aromatic rings. The standard InChI is InChI=1S/C50H33NO/c1-2-11-38(12-3-1)46-15-8-16-48-47-30-29-45(33-49(47)52-50(46)48)51(43-25-21-36(22-26-43)41-19-17-34-9-4-6-13-39(34)31-41)44-27-23-37(24-28-44)42-20-18-35-10-5-7-14-40(35)32-42/h1-33H. The van der Waals surface area contributed by atoms with Crippen LogP contribution in [0.4, 0.5) is 17.1 Å². The summed E-state index contributed by atoms with van der Waals surface area (Å²) in [7, 11) is 0. The van der Waals surface area contributed by atoms with Gasteiger partial charge in [-0.2, -0.15) is 0 Å². The van der Waals surface area contributed by atoms with Crippen molar-refractivity contribution in [3.05, 3.63) is 200 Å². The minimum Gasteiger partial charge on any atom is -0.455 e. The molecular formula is C50H33NO. The molecule has 2 nitrogen and oxygen atoms in total. The number of nitrogens with zero attached hydrogens (tertiary/aromatic N) is 1. The SMILES string of the molecule is c1ccc(-c2cccc3c2oc2cc(N(c4ccc(-c5ccc6ccccc6c5)cc4)c4ccc(-c5ccc6ccccc6c5)cc4)ccc23)cc1. The summed E-state index contributed by atoms with van der Waals surface area (Å²) in [5, 5.41) is 7.21. The van der Waals surface area contributed by atoms with Crippen molar-refractivity contribution in [2.45, 2.75) is 0 Å². The molecule has 0 aliphatic heterocycles. The Bertz CT molecular complexity index is 2760. The highest BCUT2D eigenvalue weighted by Gasteiger charge is 2.18. The molecule has 0 fully saturated rings. The number of hydrogen-bond donors (Lipinski definition) is 0. The fourth-order valence-electron chi connectivity index (χ4n) is 7.56. The van der Waals surface area contributed by atoms with Crippen LogP contribution in [-0.4, -0.2) is 0 Å². The molecule has 0 radical (unpaired) electrons. The maximum atomic E-state index is 6.70. The highest BCUT2D eigenvalue weighted by Crippen LogP contribution is 2.41. The Labute approximate surface area is 302 Å². The molecular weight excluding hydrogens is 631 g/mol. The van der Waals surface area contributed by atoms with Gasteiger partial charge in [-0.1, -0.05) is 146 Å². The van der Waals surface area contributed by atoms with Crippen LogP contribution < -0.4 is 4.90 Å². The Morgan fingerprint density at radius 1 is 0.308 bits per heavy atom. The number of para-hydroxylation sites is 1. The number of benzene rings is 9. The van der Waals surface area contributed by atoms with Crippen LogP contribution >= 0.6 is 0 Å². The van der Waals surface area contributed by atoms with Gasteiger partial charge in [0.25, 0.3) is 0 Å². The first-order valence-electron chi connectivity index (χ1n) is 17.7. The Morgan fingerprint density at radius 2 is 0.827 bits per heavy atom. The van der Waals surface area contributed by atoms with Crippen molar-refractivity contribution in [3.63, 3.8) is 0 Å². The lowest BCUT2D eigenvalue weighted by Gasteiger charge is -2.26. The largest absolute Gasteiger partial charge is 0.455 e. The van der Waals surface area contributed by atoms with E-state index in [0.717, 1.165) is 50.1 Å². The average Bonchev–Trinajstić information content (AvgIpc) is 3.60. The summed E-state index contributed by atoms with van der Waals surface area (Å²) < 4.78 is 6.70. The summed E-state index contributed by atoms with van der Waals surface area (Å²) in [4.78, 5) is 2.32. The van der Waals surface area contributed by atoms with Gasteiger partial charge < -0.3 is 9.32 Å². The van der Waals surface area contributed by atoms with Crippen molar-refractivity contribution in [1.29, 1.82) is 0 Å². The second kappa shape index (κ2) is 12.5. The molecule has 0 saturated heterocycles. The third-order valence-corrected chi connectivity index (χ3v) is 10.2. The molecule has 52 heavy (non-hydrogen) atoms. The summed E-state index contributed by atoms with van der Waals surface area (Å²) in [5.74, 6) is 0. The van der Waals surface area contributed by atoms with Crippen molar-refractivity contribution < 1.29 is 4.42 Å². The zero-order valence-electron chi connectivity index (χ0n) is 28.4. The first-order chi connectivity index (χ1) is 25.7. The number of fused-ring (bicyclic) bond motifs is 5. The summed E-state index contributed by atoms with van der Waals surface area (Å²) >= 11 is 0. The van der Waals surface area contributed by atoms with E-state index in [0.29, 0.717) is 0 Å². The fraction of sp³-hybridized carbons (Fsp3) is 0. The third-order valence-electron chi connectivity index (χ3n) is 10.2. The van der Waals surface area contributed by atoms with Gasteiger partial charge in [0.05, 0.1) is 0 Å². The van der Waals surface area contributed by atoms with Crippen molar-refractivity contribution >= 4 is 60.5 Å². The lowest BCUT2D eigenvalue weighted by molar-refractivity contribution is 0.670. The van der Waals surface area contributed by atoms with E-state index in [4.69, 9.17) is 4.42 Å². The molecule has 244 valence electrons. The smallest absolute Gasteiger partial charge is 0.143 e. The first kappa shape index (κ1) is 30.0. The Hall–Kier alpha value is -6.90. The molecule has 0 spiro atoms. The van der Waals surface area contributed by atoms with Crippen molar-refractivity contribution in [1.82, 2.24) is 0 Å². The van der Waals surface area contributed by atoms with Gasteiger partial charge in [-0.25, -0.2) is 0 Å². The van der Waals surface area contributed by atoms with E-state index in [9.17, 15) is 0 Å². The maximum Gasteiger partial charge on any atom is 0.143 e. The van der Waals surface area contributed by atoms with E-state index in [1.54, 1.807) is 0 Å². The minimum atomic E-state index is 0.862. The zero-order chi connectivity index (χ0) is 34.4. The van der Waals surface area contributed by atoms with E-state index < -0.39 is 0 Å². The second-order valence-electron chi connectivity index (χ2n) is 13.4. The molecule has 1 heterocycles. The van der Waals surface area contributed by atoms with Crippen LogP contribution in [0.3, 0.4) is 0 Å². The molecule has 0 N–H and O–H groups in total. The van der Waals surface area contributed by atoms with Gasteiger partial charge in [0.1, 0.15) is 11.2 Å². The summed E-state index contributed by atoms with van der Waals surface area (Å²) in [6, 6.07) is 71.6. The molecule has 0 aliphatic carbocycles. The van der Waals surface area contributed by atoms with Gasteiger partial charge in [0.2, 0.25) is 0 Å². The third kappa shape index (κ3) is 5.30. The summed E-state index contributed by atoms with van der Waals surface area (Å²) in [5.41, 5.74) is 12.0. The first-order valence-corrected chi connectivity index (χ1v) is 17.7. The quantitative estimate of drug-likeness (QED) is 0.176. The second-order valence-corrected chi connectivity index (χ2v) is 13.4.